The third kappa shape index (κ3) is 2.82. The lowest BCUT2D eigenvalue weighted by Gasteiger charge is -2.31. The van der Waals surface area contributed by atoms with Crippen molar-refractivity contribution in [2.45, 2.75) is 12.8 Å². The van der Waals surface area contributed by atoms with Crippen molar-refractivity contribution < 1.29 is 14.3 Å². The Kier molecular flexibility index (Phi) is 4.28. The van der Waals surface area contributed by atoms with Crippen LogP contribution in [0.5, 0.6) is 0 Å². The molecule has 1 saturated heterocycles. The molecule has 1 aromatic heterocycles. The second-order valence-electron chi connectivity index (χ2n) is 4.58. The Morgan fingerprint density at radius 2 is 2.26 bits per heavy atom. The number of aliphatic hydroxyl groups is 1. The van der Waals surface area contributed by atoms with Crippen molar-refractivity contribution in [3.05, 3.63) is 23.6 Å². The molecule has 0 bridgehead atoms. The Balaban J connectivity index is 2.12. The number of pyridine rings is 1. The molecule has 104 valence electrons. The number of halogens is 1. The van der Waals surface area contributed by atoms with Gasteiger partial charge in [0.05, 0.1) is 5.56 Å². The SMILES string of the molecule is NNc1nccc(C(=O)N2CCC(CO)CC2)c1F. The minimum Gasteiger partial charge on any atom is -0.396 e. The number of hydrazine groups is 1. The summed E-state index contributed by atoms with van der Waals surface area (Å²) in [6.07, 6.45) is 2.81. The van der Waals surface area contributed by atoms with Gasteiger partial charge < -0.3 is 15.4 Å². The molecule has 7 heteroatoms. The summed E-state index contributed by atoms with van der Waals surface area (Å²) in [5, 5.41) is 9.05. The van der Waals surface area contributed by atoms with Crippen LogP contribution in [-0.4, -0.2) is 40.6 Å². The van der Waals surface area contributed by atoms with Crippen LogP contribution in [-0.2, 0) is 0 Å². The van der Waals surface area contributed by atoms with Gasteiger partial charge in [0.25, 0.3) is 5.91 Å². The van der Waals surface area contributed by atoms with Gasteiger partial charge in [-0.2, -0.15) is 0 Å². The number of carbonyl (C=O) groups is 1. The summed E-state index contributed by atoms with van der Waals surface area (Å²) in [5.74, 6) is 4.11. The monoisotopic (exact) mass is 268 g/mol. The Hall–Kier alpha value is -1.73. The maximum absolute atomic E-state index is 13.9. The molecule has 0 unspecified atom stereocenters. The third-order valence-corrected chi connectivity index (χ3v) is 3.42. The summed E-state index contributed by atoms with van der Waals surface area (Å²) in [5.41, 5.74) is 2.08. The van der Waals surface area contributed by atoms with E-state index in [1.807, 2.05) is 0 Å². The molecule has 1 aliphatic rings. The molecule has 0 atom stereocenters. The van der Waals surface area contributed by atoms with Crippen LogP contribution < -0.4 is 11.3 Å². The third-order valence-electron chi connectivity index (χ3n) is 3.42. The number of anilines is 1. The normalized spacial score (nSPS) is 16.5. The molecule has 2 rings (SSSR count). The zero-order valence-corrected chi connectivity index (χ0v) is 10.5. The summed E-state index contributed by atoms with van der Waals surface area (Å²) in [7, 11) is 0. The number of hydrogen-bond donors (Lipinski definition) is 3. The number of nitrogens with zero attached hydrogens (tertiary/aromatic N) is 2. The predicted molar refractivity (Wildman–Crippen MR) is 67.7 cm³/mol. The zero-order chi connectivity index (χ0) is 13.8. The molecule has 1 aromatic rings. The summed E-state index contributed by atoms with van der Waals surface area (Å²) in [6.45, 7) is 1.18. The number of aromatic nitrogens is 1. The molecule has 2 heterocycles. The van der Waals surface area contributed by atoms with Crippen LogP contribution in [0.15, 0.2) is 12.3 Å². The molecule has 1 amide bonds. The first-order valence-corrected chi connectivity index (χ1v) is 6.18. The fourth-order valence-electron chi connectivity index (χ4n) is 2.20. The molecule has 1 aliphatic heterocycles. The predicted octanol–water partition coefficient (Wildman–Crippen LogP) is 0.351. The van der Waals surface area contributed by atoms with Crippen molar-refractivity contribution >= 4 is 11.7 Å². The number of nitrogens with two attached hydrogens (primary N) is 1. The molecule has 0 aliphatic carbocycles. The van der Waals surface area contributed by atoms with E-state index in [1.54, 1.807) is 4.90 Å². The Morgan fingerprint density at radius 3 is 2.84 bits per heavy atom. The average molecular weight is 268 g/mol. The Bertz CT molecular complexity index is 461. The van der Waals surface area contributed by atoms with Crippen LogP contribution in [0.25, 0.3) is 0 Å². The van der Waals surface area contributed by atoms with Gasteiger partial charge in [0.2, 0.25) is 0 Å². The van der Waals surface area contributed by atoms with Crippen LogP contribution in [0.4, 0.5) is 10.2 Å². The van der Waals surface area contributed by atoms with Gasteiger partial charge in [-0.15, -0.1) is 0 Å². The first-order chi connectivity index (χ1) is 9.17. The van der Waals surface area contributed by atoms with Crippen molar-refractivity contribution in [1.29, 1.82) is 0 Å². The first-order valence-electron chi connectivity index (χ1n) is 6.18. The van der Waals surface area contributed by atoms with Gasteiger partial charge in [-0.3, -0.25) is 4.79 Å². The fourth-order valence-corrected chi connectivity index (χ4v) is 2.20. The van der Waals surface area contributed by atoms with Gasteiger partial charge in [-0.25, -0.2) is 15.2 Å². The lowest BCUT2D eigenvalue weighted by Crippen LogP contribution is -2.39. The van der Waals surface area contributed by atoms with Crippen molar-refractivity contribution in [3.8, 4) is 0 Å². The molecule has 1 fully saturated rings. The lowest BCUT2D eigenvalue weighted by molar-refractivity contribution is 0.0646. The standard InChI is InChI=1S/C12H17FN4O2/c13-10-9(1-4-15-11(10)16-14)12(19)17-5-2-8(7-18)3-6-17/h1,4,8,18H,2-3,5-7,14H2,(H,15,16). The van der Waals surface area contributed by atoms with Crippen molar-refractivity contribution in [2.75, 3.05) is 25.1 Å². The molecule has 6 nitrogen and oxygen atoms in total. The molecule has 0 saturated carbocycles. The van der Waals surface area contributed by atoms with Gasteiger partial charge in [-0.1, -0.05) is 0 Å². The molecular formula is C12H17FN4O2. The number of nitrogens with one attached hydrogen (secondary N) is 1. The molecule has 19 heavy (non-hydrogen) atoms. The summed E-state index contributed by atoms with van der Waals surface area (Å²) in [6, 6.07) is 1.34. The van der Waals surface area contributed by atoms with Crippen molar-refractivity contribution in [3.63, 3.8) is 0 Å². The number of hydrogen-bond acceptors (Lipinski definition) is 5. The lowest BCUT2D eigenvalue weighted by atomic mass is 9.97. The largest absolute Gasteiger partial charge is 0.396 e. The number of aliphatic hydroxyl groups excluding tert-OH is 1. The summed E-state index contributed by atoms with van der Waals surface area (Å²) < 4.78 is 13.9. The summed E-state index contributed by atoms with van der Waals surface area (Å²) >= 11 is 0. The topological polar surface area (TPSA) is 91.5 Å². The van der Waals surface area contributed by atoms with E-state index in [0.29, 0.717) is 13.1 Å². The number of carbonyl (C=O) groups excluding carboxylic acids is 1. The van der Waals surface area contributed by atoms with E-state index >= 15 is 0 Å². The number of likely N-dealkylation sites (tertiary alicyclic amines) is 1. The number of rotatable bonds is 3. The van der Waals surface area contributed by atoms with E-state index in [9.17, 15) is 9.18 Å². The Morgan fingerprint density at radius 1 is 1.58 bits per heavy atom. The molecular weight excluding hydrogens is 251 g/mol. The van der Waals surface area contributed by atoms with Gasteiger partial charge >= 0.3 is 0 Å². The molecule has 0 spiro atoms. The van der Waals surface area contributed by atoms with Crippen LogP contribution in [0, 0.1) is 11.7 Å². The van der Waals surface area contributed by atoms with E-state index in [0.717, 1.165) is 12.8 Å². The quantitative estimate of drug-likeness (QED) is 0.543. The zero-order valence-electron chi connectivity index (χ0n) is 10.5. The van der Waals surface area contributed by atoms with E-state index in [-0.39, 0.29) is 29.8 Å². The van der Waals surface area contributed by atoms with Crippen molar-refractivity contribution in [2.24, 2.45) is 11.8 Å². The molecule has 0 aromatic carbocycles. The molecule has 4 N–H and O–H groups in total. The number of amides is 1. The van der Waals surface area contributed by atoms with Gasteiger partial charge in [-0.05, 0) is 24.8 Å². The summed E-state index contributed by atoms with van der Waals surface area (Å²) in [4.78, 5) is 17.5. The first kappa shape index (κ1) is 13.7. The highest BCUT2D eigenvalue weighted by molar-refractivity contribution is 5.95. The second kappa shape index (κ2) is 5.94. The van der Waals surface area contributed by atoms with Gasteiger partial charge in [0.15, 0.2) is 11.6 Å². The van der Waals surface area contributed by atoms with E-state index in [4.69, 9.17) is 10.9 Å². The van der Waals surface area contributed by atoms with E-state index in [1.165, 1.54) is 12.3 Å². The fraction of sp³-hybridized carbons (Fsp3) is 0.500. The number of piperidine rings is 1. The Labute approximate surface area is 110 Å². The highest BCUT2D eigenvalue weighted by Gasteiger charge is 2.25. The van der Waals surface area contributed by atoms with Crippen LogP contribution in [0.2, 0.25) is 0 Å². The van der Waals surface area contributed by atoms with Crippen LogP contribution in [0.3, 0.4) is 0 Å². The van der Waals surface area contributed by atoms with Gasteiger partial charge in [0, 0.05) is 25.9 Å². The maximum atomic E-state index is 13.9. The average Bonchev–Trinajstić information content (AvgIpc) is 2.47. The number of nitrogen functional groups attached to an aromatic ring is 1. The van der Waals surface area contributed by atoms with Crippen molar-refractivity contribution in [1.82, 2.24) is 9.88 Å². The van der Waals surface area contributed by atoms with E-state index in [2.05, 4.69) is 10.4 Å². The van der Waals surface area contributed by atoms with Crippen LogP contribution >= 0.6 is 0 Å². The second-order valence-corrected chi connectivity index (χ2v) is 4.58. The van der Waals surface area contributed by atoms with Crippen LogP contribution in [0.1, 0.15) is 23.2 Å². The smallest absolute Gasteiger partial charge is 0.257 e. The highest BCUT2D eigenvalue weighted by atomic mass is 19.1. The van der Waals surface area contributed by atoms with E-state index < -0.39 is 5.82 Å². The highest BCUT2D eigenvalue weighted by Crippen LogP contribution is 2.21. The minimum absolute atomic E-state index is 0.0367. The molecule has 0 radical (unpaired) electrons. The maximum Gasteiger partial charge on any atom is 0.257 e. The minimum atomic E-state index is -0.737. The van der Waals surface area contributed by atoms with Gasteiger partial charge in [0.1, 0.15) is 0 Å².